The van der Waals surface area contributed by atoms with E-state index in [0.717, 1.165) is 0 Å². The number of anilines is 2. The molecule has 7 nitrogen and oxygen atoms in total. The van der Waals surface area contributed by atoms with Crippen LogP contribution in [-0.2, 0) is 9.59 Å². The van der Waals surface area contributed by atoms with E-state index in [9.17, 15) is 14.4 Å². The fourth-order valence-electron chi connectivity index (χ4n) is 1.71. The van der Waals surface area contributed by atoms with Crippen LogP contribution in [-0.4, -0.2) is 30.4 Å². The molecule has 0 aromatic heterocycles. The van der Waals surface area contributed by atoms with Gasteiger partial charge in [-0.15, -0.1) is 0 Å². The summed E-state index contributed by atoms with van der Waals surface area (Å²) in [5, 5.41) is 10.6. The van der Waals surface area contributed by atoms with Crippen LogP contribution in [0.3, 0.4) is 0 Å². The fraction of sp³-hybridized carbons (Fsp3) is 0.471. The van der Waals surface area contributed by atoms with Gasteiger partial charge in [-0.2, -0.15) is 0 Å². The van der Waals surface area contributed by atoms with Crippen molar-refractivity contribution in [1.29, 1.82) is 0 Å². The summed E-state index contributed by atoms with van der Waals surface area (Å²) in [6.45, 7) is 9.39. The summed E-state index contributed by atoms with van der Waals surface area (Å²) in [7, 11) is 0. The van der Waals surface area contributed by atoms with Gasteiger partial charge < -0.3 is 16.0 Å². The highest BCUT2D eigenvalue weighted by Gasteiger charge is 2.21. The van der Waals surface area contributed by atoms with E-state index < -0.39 is 23.4 Å². The Kier molecular flexibility index (Phi) is 6.76. The second-order valence-electron chi connectivity index (χ2n) is 6.50. The average Bonchev–Trinajstić information content (AvgIpc) is 2.48. The van der Waals surface area contributed by atoms with Crippen molar-refractivity contribution < 1.29 is 14.4 Å². The van der Waals surface area contributed by atoms with Crippen molar-refractivity contribution in [2.75, 3.05) is 17.2 Å². The van der Waals surface area contributed by atoms with Crippen LogP contribution in [0.1, 0.15) is 34.6 Å². The van der Waals surface area contributed by atoms with E-state index in [0.29, 0.717) is 17.9 Å². The molecule has 1 rings (SSSR count). The molecule has 0 saturated carbocycles. The summed E-state index contributed by atoms with van der Waals surface area (Å²) < 4.78 is 0. The monoisotopic (exact) mass is 334 g/mol. The molecule has 4 N–H and O–H groups in total. The van der Waals surface area contributed by atoms with Gasteiger partial charge in [0.1, 0.15) is 6.04 Å². The second kappa shape index (κ2) is 8.33. The predicted molar refractivity (Wildman–Crippen MR) is 94.8 cm³/mol. The molecule has 0 saturated heterocycles. The van der Waals surface area contributed by atoms with Gasteiger partial charge in [-0.3, -0.25) is 14.9 Å². The minimum atomic E-state index is -0.581. The summed E-state index contributed by atoms with van der Waals surface area (Å²) in [5.41, 5.74) is 0.921. The first-order valence-electron chi connectivity index (χ1n) is 7.90. The van der Waals surface area contributed by atoms with E-state index in [-0.39, 0.29) is 5.91 Å². The average molecular weight is 334 g/mol. The van der Waals surface area contributed by atoms with Crippen LogP contribution >= 0.6 is 0 Å². The lowest BCUT2D eigenvalue weighted by Crippen LogP contribution is -2.45. The number of rotatable bonds is 5. The van der Waals surface area contributed by atoms with Crippen LogP contribution in [0.15, 0.2) is 24.3 Å². The Morgan fingerprint density at radius 2 is 1.58 bits per heavy atom. The fourth-order valence-corrected chi connectivity index (χ4v) is 1.71. The Hall–Kier alpha value is -2.57. The van der Waals surface area contributed by atoms with E-state index in [2.05, 4.69) is 21.3 Å². The van der Waals surface area contributed by atoms with Crippen molar-refractivity contribution in [3.05, 3.63) is 24.3 Å². The quantitative estimate of drug-likeness (QED) is 0.664. The number of benzene rings is 1. The Morgan fingerprint density at radius 1 is 1.04 bits per heavy atom. The maximum absolute atomic E-state index is 11.9. The van der Waals surface area contributed by atoms with Gasteiger partial charge in [0.15, 0.2) is 0 Å². The van der Waals surface area contributed by atoms with Crippen LogP contribution in [0, 0.1) is 5.41 Å². The van der Waals surface area contributed by atoms with Crippen molar-refractivity contribution in [2.45, 2.75) is 40.7 Å². The van der Waals surface area contributed by atoms with Gasteiger partial charge in [0, 0.05) is 23.3 Å². The predicted octanol–water partition coefficient (Wildman–Crippen LogP) is 2.32. The molecule has 1 aromatic rings. The summed E-state index contributed by atoms with van der Waals surface area (Å²) in [6.07, 6.45) is 0. The highest BCUT2D eigenvalue weighted by molar-refractivity contribution is 5.98. The Morgan fingerprint density at radius 3 is 2.08 bits per heavy atom. The van der Waals surface area contributed by atoms with Crippen LogP contribution in [0.2, 0.25) is 0 Å². The van der Waals surface area contributed by atoms with Gasteiger partial charge in [0.2, 0.25) is 11.8 Å². The molecule has 7 heteroatoms. The summed E-state index contributed by atoms with van der Waals surface area (Å²) in [5.74, 6) is -0.496. The van der Waals surface area contributed by atoms with E-state index >= 15 is 0 Å². The zero-order chi connectivity index (χ0) is 18.3. The zero-order valence-corrected chi connectivity index (χ0v) is 14.8. The molecule has 24 heavy (non-hydrogen) atoms. The van der Waals surface area contributed by atoms with E-state index in [1.54, 1.807) is 38.1 Å². The minimum Gasteiger partial charge on any atom is -0.374 e. The maximum Gasteiger partial charge on any atom is 0.321 e. The van der Waals surface area contributed by atoms with Crippen LogP contribution in [0.4, 0.5) is 16.2 Å². The number of nitrogens with one attached hydrogen (secondary N) is 4. The molecular formula is C17H26N4O3. The molecule has 0 unspecified atom stereocenters. The molecule has 1 atom stereocenters. The first-order valence-corrected chi connectivity index (χ1v) is 7.90. The number of imide groups is 1. The molecule has 132 valence electrons. The molecule has 0 aliphatic carbocycles. The number of hydrogen-bond acceptors (Lipinski definition) is 4. The first-order chi connectivity index (χ1) is 11.1. The normalized spacial score (nSPS) is 12.0. The smallest absolute Gasteiger partial charge is 0.321 e. The van der Waals surface area contributed by atoms with Crippen molar-refractivity contribution in [1.82, 2.24) is 10.6 Å². The largest absolute Gasteiger partial charge is 0.374 e. The highest BCUT2D eigenvalue weighted by atomic mass is 16.2. The second-order valence-corrected chi connectivity index (χ2v) is 6.50. The SMILES string of the molecule is CCNC(=O)NC(=O)[C@@H](C)Nc1ccc(NC(=O)C(C)(C)C)cc1. The van der Waals surface area contributed by atoms with Crippen molar-refractivity contribution >= 4 is 29.2 Å². The topological polar surface area (TPSA) is 99.3 Å². The van der Waals surface area contributed by atoms with Gasteiger partial charge in [0.05, 0.1) is 0 Å². The van der Waals surface area contributed by atoms with E-state index in [1.165, 1.54) is 0 Å². The third-order valence-electron chi connectivity index (χ3n) is 3.17. The summed E-state index contributed by atoms with van der Waals surface area (Å²) in [6, 6.07) is 5.92. The van der Waals surface area contributed by atoms with Crippen molar-refractivity contribution in [3.8, 4) is 0 Å². The lowest BCUT2D eigenvalue weighted by molar-refractivity contribution is -0.123. The van der Waals surface area contributed by atoms with Crippen LogP contribution < -0.4 is 21.3 Å². The highest BCUT2D eigenvalue weighted by Crippen LogP contribution is 2.19. The lowest BCUT2D eigenvalue weighted by Gasteiger charge is -2.18. The maximum atomic E-state index is 11.9. The molecular weight excluding hydrogens is 308 g/mol. The number of carbonyl (C=O) groups excluding carboxylic acids is 3. The Balaban J connectivity index is 2.59. The number of hydrogen-bond donors (Lipinski definition) is 4. The molecule has 0 aliphatic rings. The molecule has 0 spiro atoms. The van der Waals surface area contributed by atoms with Gasteiger partial charge in [-0.25, -0.2) is 4.79 Å². The van der Waals surface area contributed by atoms with Crippen molar-refractivity contribution in [3.63, 3.8) is 0 Å². The molecule has 0 bridgehead atoms. The van der Waals surface area contributed by atoms with Gasteiger partial charge in [-0.05, 0) is 38.1 Å². The number of carbonyl (C=O) groups is 3. The van der Waals surface area contributed by atoms with Gasteiger partial charge in [0.25, 0.3) is 0 Å². The third kappa shape index (κ3) is 6.28. The number of amides is 4. The Labute approximate surface area is 142 Å². The Bertz CT molecular complexity index is 591. The molecule has 0 fully saturated rings. The molecule has 1 aromatic carbocycles. The molecule has 0 heterocycles. The third-order valence-corrected chi connectivity index (χ3v) is 3.17. The van der Waals surface area contributed by atoms with Crippen LogP contribution in [0.5, 0.6) is 0 Å². The summed E-state index contributed by atoms with van der Waals surface area (Å²) in [4.78, 5) is 35.1. The van der Waals surface area contributed by atoms with E-state index in [1.807, 2.05) is 20.8 Å². The molecule has 4 amide bonds. The minimum absolute atomic E-state index is 0.0714. The lowest BCUT2D eigenvalue weighted by atomic mass is 9.95. The van der Waals surface area contributed by atoms with Gasteiger partial charge >= 0.3 is 6.03 Å². The van der Waals surface area contributed by atoms with Gasteiger partial charge in [-0.1, -0.05) is 20.8 Å². The van der Waals surface area contributed by atoms with Crippen LogP contribution in [0.25, 0.3) is 0 Å². The van der Waals surface area contributed by atoms with E-state index in [4.69, 9.17) is 0 Å². The van der Waals surface area contributed by atoms with Crippen molar-refractivity contribution in [2.24, 2.45) is 5.41 Å². The number of urea groups is 1. The standard InChI is InChI=1S/C17H26N4O3/c1-6-18-16(24)21-14(22)11(2)19-12-7-9-13(10-8-12)20-15(23)17(3,4)5/h7-11,19H,6H2,1-5H3,(H,20,23)(H2,18,21,22,24)/t11-/m1/s1. The molecule has 0 radical (unpaired) electrons. The zero-order valence-electron chi connectivity index (χ0n) is 14.8. The first kappa shape index (κ1) is 19.5. The molecule has 0 aliphatic heterocycles. The summed E-state index contributed by atoms with van der Waals surface area (Å²) >= 11 is 0.